The molecule has 0 saturated carbocycles. The largest absolute Gasteiger partial charge is 0.469 e. The maximum absolute atomic E-state index is 10.9. The molecule has 0 unspecified atom stereocenters. The molecule has 1 heterocycles. The van der Waals surface area contributed by atoms with Crippen LogP contribution in [-0.2, 0) is 9.53 Å². The van der Waals surface area contributed by atoms with E-state index in [0.29, 0.717) is 0 Å². The smallest absolute Gasteiger partial charge is 0.311 e. The summed E-state index contributed by atoms with van der Waals surface area (Å²) in [5, 5.41) is 0. The SMILES string of the molecule is C=C(/C=C\N=C(C)CC(=O)OC)N1CCC1. The third-order valence-corrected chi connectivity index (χ3v) is 2.45. The summed E-state index contributed by atoms with van der Waals surface area (Å²) in [5.74, 6) is -0.267. The average Bonchev–Trinajstić information content (AvgIpc) is 2.14. The number of hydrogen-bond acceptors (Lipinski definition) is 4. The first-order chi connectivity index (χ1) is 7.63. The Labute approximate surface area is 96.3 Å². The molecule has 0 atom stereocenters. The van der Waals surface area contributed by atoms with Crippen molar-refractivity contribution in [3.63, 3.8) is 0 Å². The lowest BCUT2D eigenvalue weighted by molar-refractivity contribution is -0.139. The van der Waals surface area contributed by atoms with Crippen LogP contribution in [0.1, 0.15) is 19.8 Å². The number of esters is 1. The van der Waals surface area contributed by atoms with Crippen molar-refractivity contribution in [3.05, 3.63) is 24.6 Å². The maximum atomic E-state index is 10.9. The quantitative estimate of drug-likeness (QED) is 0.404. The first-order valence-electron chi connectivity index (χ1n) is 5.34. The lowest BCUT2D eigenvalue weighted by atomic mass is 10.2. The summed E-state index contributed by atoms with van der Waals surface area (Å²) >= 11 is 0. The van der Waals surface area contributed by atoms with E-state index in [1.54, 1.807) is 13.1 Å². The fourth-order valence-electron chi connectivity index (χ4n) is 1.29. The van der Waals surface area contributed by atoms with E-state index >= 15 is 0 Å². The Kier molecular flexibility index (Phi) is 4.76. The van der Waals surface area contributed by atoms with Crippen molar-refractivity contribution in [1.82, 2.24) is 4.90 Å². The molecule has 1 rings (SSSR count). The zero-order chi connectivity index (χ0) is 12.0. The predicted octanol–water partition coefficient (Wildman–Crippen LogP) is 1.74. The van der Waals surface area contributed by atoms with Gasteiger partial charge in [-0.25, -0.2) is 0 Å². The van der Waals surface area contributed by atoms with Crippen molar-refractivity contribution >= 4 is 11.7 Å². The number of nitrogens with zero attached hydrogens (tertiary/aromatic N) is 2. The normalized spacial score (nSPS) is 16.1. The van der Waals surface area contributed by atoms with E-state index in [2.05, 4.69) is 21.2 Å². The molecule has 0 amide bonds. The Balaban J connectivity index is 2.35. The van der Waals surface area contributed by atoms with Gasteiger partial charge in [-0.3, -0.25) is 9.79 Å². The monoisotopic (exact) mass is 222 g/mol. The number of ether oxygens (including phenoxy) is 1. The third-order valence-electron chi connectivity index (χ3n) is 2.45. The van der Waals surface area contributed by atoms with E-state index in [0.717, 1.165) is 24.5 Å². The van der Waals surface area contributed by atoms with Crippen LogP contribution in [0, 0.1) is 0 Å². The molecule has 16 heavy (non-hydrogen) atoms. The van der Waals surface area contributed by atoms with E-state index in [9.17, 15) is 4.79 Å². The standard InChI is InChI=1S/C12H18N2O2/c1-10(9-12(15)16-3)13-6-5-11(2)14-7-4-8-14/h5-6H,2,4,7-9H2,1,3H3/b6-5-,13-10?. The molecule has 0 radical (unpaired) electrons. The number of carbonyl (C=O) groups is 1. The second kappa shape index (κ2) is 6.10. The van der Waals surface area contributed by atoms with Crippen molar-refractivity contribution in [2.75, 3.05) is 20.2 Å². The maximum Gasteiger partial charge on any atom is 0.311 e. The van der Waals surface area contributed by atoms with E-state index < -0.39 is 0 Å². The summed E-state index contributed by atoms with van der Waals surface area (Å²) in [5.41, 5.74) is 1.71. The molecule has 4 heteroatoms. The van der Waals surface area contributed by atoms with E-state index in [1.165, 1.54) is 13.5 Å². The fourth-order valence-corrected chi connectivity index (χ4v) is 1.29. The van der Waals surface area contributed by atoms with Crippen LogP contribution in [0.2, 0.25) is 0 Å². The highest BCUT2D eigenvalue weighted by atomic mass is 16.5. The number of rotatable bonds is 5. The first-order valence-corrected chi connectivity index (χ1v) is 5.34. The Bertz CT molecular complexity index is 328. The number of carbonyl (C=O) groups excluding carboxylic acids is 1. The van der Waals surface area contributed by atoms with Crippen LogP contribution in [0.25, 0.3) is 0 Å². The highest BCUT2D eigenvalue weighted by Crippen LogP contribution is 2.13. The summed E-state index contributed by atoms with van der Waals surface area (Å²) in [6.45, 7) is 7.88. The molecule has 0 spiro atoms. The van der Waals surface area contributed by atoms with Crippen molar-refractivity contribution in [2.24, 2.45) is 4.99 Å². The number of likely N-dealkylation sites (tertiary alicyclic amines) is 1. The minimum atomic E-state index is -0.267. The van der Waals surface area contributed by atoms with Gasteiger partial charge in [-0.15, -0.1) is 0 Å². The molecule has 4 nitrogen and oxygen atoms in total. The Morgan fingerprint density at radius 1 is 1.56 bits per heavy atom. The summed E-state index contributed by atoms with van der Waals surface area (Å²) in [4.78, 5) is 17.3. The van der Waals surface area contributed by atoms with Gasteiger partial charge in [-0.05, 0) is 19.4 Å². The molecular formula is C12H18N2O2. The molecule has 0 N–H and O–H groups in total. The van der Waals surface area contributed by atoms with Crippen LogP contribution in [0.3, 0.4) is 0 Å². The van der Waals surface area contributed by atoms with E-state index in [1.807, 2.05) is 6.08 Å². The van der Waals surface area contributed by atoms with Crippen molar-refractivity contribution in [1.29, 1.82) is 0 Å². The summed E-state index contributed by atoms with van der Waals surface area (Å²) in [6.07, 6.45) is 5.01. The van der Waals surface area contributed by atoms with Gasteiger partial charge in [0.05, 0.1) is 13.5 Å². The van der Waals surface area contributed by atoms with E-state index in [4.69, 9.17) is 0 Å². The predicted molar refractivity (Wildman–Crippen MR) is 64.2 cm³/mol. The molecule has 1 aliphatic rings. The second-order valence-corrected chi connectivity index (χ2v) is 3.76. The van der Waals surface area contributed by atoms with E-state index in [-0.39, 0.29) is 12.4 Å². The van der Waals surface area contributed by atoms with Gasteiger partial charge in [-0.2, -0.15) is 0 Å². The van der Waals surface area contributed by atoms with Crippen LogP contribution in [0.5, 0.6) is 0 Å². The van der Waals surface area contributed by atoms with Crippen LogP contribution in [-0.4, -0.2) is 36.8 Å². The zero-order valence-electron chi connectivity index (χ0n) is 9.90. The van der Waals surface area contributed by atoms with Crippen molar-refractivity contribution in [2.45, 2.75) is 19.8 Å². The summed E-state index contributed by atoms with van der Waals surface area (Å²) < 4.78 is 4.54. The molecule has 0 bridgehead atoms. The minimum Gasteiger partial charge on any atom is -0.469 e. The minimum absolute atomic E-state index is 0.233. The van der Waals surface area contributed by atoms with Crippen LogP contribution >= 0.6 is 0 Å². The number of hydrogen-bond donors (Lipinski definition) is 0. The van der Waals surface area contributed by atoms with Crippen LogP contribution < -0.4 is 0 Å². The molecule has 1 fully saturated rings. The number of methoxy groups -OCH3 is 1. The lowest BCUT2D eigenvalue weighted by Gasteiger charge is -2.33. The topological polar surface area (TPSA) is 41.9 Å². The van der Waals surface area contributed by atoms with Gasteiger partial charge in [0, 0.05) is 30.7 Å². The first kappa shape index (κ1) is 12.5. The Morgan fingerprint density at radius 2 is 2.25 bits per heavy atom. The van der Waals surface area contributed by atoms with Gasteiger partial charge in [0.1, 0.15) is 0 Å². The molecule has 88 valence electrons. The number of aliphatic imine (C=N–C) groups is 1. The lowest BCUT2D eigenvalue weighted by Crippen LogP contribution is -2.35. The molecule has 1 aliphatic heterocycles. The number of allylic oxidation sites excluding steroid dienone is 1. The Morgan fingerprint density at radius 3 is 2.75 bits per heavy atom. The van der Waals surface area contributed by atoms with Gasteiger partial charge in [-0.1, -0.05) is 6.58 Å². The van der Waals surface area contributed by atoms with Crippen LogP contribution in [0.15, 0.2) is 29.5 Å². The highest BCUT2D eigenvalue weighted by molar-refractivity contribution is 5.97. The van der Waals surface area contributed by atoms with Gasteiger partial charge < -0.3 is 9.64 Å². The third kappa shape index (κ3) is 3.88. The van der Waals surface area contributed by atoms with Gasteiger partial charge >= 0.3 is 5.97 Å². The van der Waals surface area contributed by atoms with Gasteiger partial charge in [0.15, 0.2) is 0 Å². The van der Waals surface area contributed by atoms with Crippen molar-refractivity contribution in [3.8, 4) is 0 Å². The molecule has 1 saturated heterocycles. The van der Waals surface area contributed by atoms with Gasteiger partial charge in [0.2, 0.25) is 0 Å². The molecule has 0 aromatic heterocycles. The van der Waals surface area contributed by atoms with Crippen LogP contribution in [0.4, 0.5) is 0 Å². The average molecular weight is 222 g/mol. The summed E-state index contributed by atoms with van der Waals surface area (Å²) in [7, 11) is 1.37. The molecule has 0 aliphatic carbocycles. The van der Waals surface area contributed by atoms with Crippen molar-refractivity contribution < 1.29 is 9.53 Å². The highest BCUT2D eigenvalue weighted by Gasteiger charge is 2.12. The second-order valence-electron chi connectivity index (χ2n) is 3.76. The fraction of sp³-hybridized carbons (Fsp3) is 0.500. The molecule has 0 aromatic rings. The molecule has 0 aromatic carbocycles. The molecular weight excluding hydrogens is 204 g/mol. The summed E-state index contributed by atoms with van der Waals surface area (Å²) in [6, 6.07) is 0. The Hall–Kier alpha value is -1.58. The van der Waals surface area contributed by atoms with Gasteiger partial charge in [0.25, 0.3) is 0 Å². The zero-order valence-corrected chi connectivity index (χ0v) is 9.90.